The molecule has 1 aromatic carbocycles. The maximum Gasteiger partial charge on any atom is 0.0733 e. The number of anilines is 1. The Hall–Kier alpha value is -1.77. The van der Waals surface area contributed by atoms with Crippen LogP contribution in [0.1, 0.15) is 32.1 Å². The van der Waals surface area contributed by atoms with Gasteiger partial charge in [0.1, 0.15) is 0 Å². The number of hydrogen-bond donors (Lipinski definition) is 1. The summed E-state index contributed by atoms with van der Waals surface area (Å²) in [7, 11) is 0. The third kappa shape index (κ3) is 2.55. The van der Waals surface area contributed by atoms with Crippen LogP contribution in [-0.4, -0.2) is 15.8 Å². The first-order valence-electron chi connectivity index (χ1n) is 6.78. The molecule has 3 rings (SSSR count). The van der Waals surface area contributed by atoms with E-state index in [1.54, 1.807) is 0 Å². The van der Waals surface area contributed by atoms with Crippen LogP contribution in [-0.2, 0) is 0 Å². The Kier molecular flexibility index (Phi) is 3.31. The molecule has 1 aromatic heterocycles. The molecule has 94 valence electrons. The minimum absolute atomic E-state index is 0.632. The van der Waals surface area contributed by atoms with Crippen molar-refractivity contribution in [2.45, 2.75) is 38.1 Å². The van der Waals surface area contributed by atoms with Gasteiger partial charge >= 0.3 is 0 Å². The van der Waals surface area contributed by atoms with Crippen LogP contribution >= 0.6 is 0 Å². The highest BCUT2D eigenvalue weighted by molar-refractivity contribution is 5.43. The Bertz CT molecular complexity index is 483. The average Bonchev–Trinajstić information content (AvgIpc) is 2.89. The largest absolute Gasteiger partial charge is 0.380 e. The number of para-hydroxylation sites is 1. The molecule has 3 nitrogen and oxygen atoms in total. The van der Waals surface area contributed by atoms with Gasteiger partial charge in [0, 0.05) is 6.04 Å². The summed E-state index contributed by atoms with van der Waals surface area (Å²) in [5.74, 6) is 0. The van der Waals surface area contributed by atoms with Crippen molar-refractivity contribution in [2.75, 3.05) is 5.32 Å². The van der Waals surface area contributed by atoms with Crippen LogP contribution in [0.2, 0.25) is 0 Å². The van der Waals surface area contributed by atoms with Crippen molar-refractivity contribution < 1.29 is 0 Å². The molecule has 1 heterocycles. The quantitative estimate of drug-likeness (QED) is 0.889. The van der Waals surface area contributed by atoms with Gasteiger partial charge in [-0.1, -0.05) is 37.5 Å². The molecule has 0 amide bonds. The number of hydrogen-bond acceptors (Lipinski definition) is 2. The van der Waals surface area contributed by atoms with E-state index < -0.39 is 0 Å². The topological polar surface area (TPSA) is 29.9 Å². The highest BCUT2D eigenvalue weighted by atomic mass is 15.3. The van der Waals surface area contributed by atoms with E-state index in [2.05, 4.69) is 28.7 Å². The molecular weight excluding hydrogens is 222 g/mol. The molecule has 0 radical (unpaired) electrons. The fourth-order valence-corrected chi connectivity index (χ4v) is 2.60. The van der Waals surface area contributed by atoms with E-state index in [0.717, 1.165) is 11.4 Å². The Balaban J connectivity index is 1.69. The summed E-state index contributed by atoms with van der Waals surface area (Å²) in [4.78, 5) is 0. The zero-order valence-corrected chi connectivity index (χ0v) is 10.5. The second-order valence-electron chi connectivity index (χ2n) is 4.99. The molecule has 18 heavy (non-hydrogen) atoms. The van der Waals surface area contributed by atoms with Gasteiger partial charge in [-0.3, -0.25) is 0 Å². The van der Waals surface area contributed by atoms with Gasteiger partial charge in [-0.2, -0.15) is 5.10 Å². The summed E-state index contributed by atoms with van der Waals surface area (Å²) in [5.41, 5.74) is 2.24. The van der Waals surface area contributed by atoms with Crippen molar-refractivity contribution in [1.29, 1.82) is 0 Å². The number of rotatable bonds is 3. The first-order valence-corrected chi connectivity index (χ1v) is 6.78. The second kappa shape index (κ2) is 5.25. The molecule has 2 aromatic rings. The Morgan fingerprint density at radius 1 is 1.06 bits per heavy atom. The lowest BCUT2D eigenvalue weighted by molar-refractivity contribution is 0.463. The number of aromatic nitrogens is 2. The molecule has 1 aliphatic rings. The Labute approximate surface area is 108 Å². The molecule has 0 spiro atoms. The predicted molar refractivity (Wildman–Crippen MR) is 74.1 cm³/mol. The number of nitrogens with one attached hydrogen (secondary N) is 1. The lowest BCUT2D eigenvalue weighted by atomic mass is 9.95. The highest BCUT2D eigenvalue weighted by Crippen LogP contribution is 2.21. The zero-order valence-electron chi connectivity index (χ0n) is 10.5. The smallest absolute Gasteiger partial charge is 0.0733 e. The molecule has 3 heteroatoms. The normalized spacial score (nSPS) is 16.7. The second-order valence-corrected chi connectivity index (χ2v) is 4.99. The third-order valence-corrected chi connectivity index (χ3v) is 3.58. The van der Waals surface area contributed by atoms with Crippen molar-refractivity contribution in [2.24, 2.45) is 0 Å². The standard InChI is InChI=1S/C15H19N3/c1-3-7-13(8-4-1)17-14-11-16-18(12-14)15-9-5-2-6-10-15/h2,5-6,9-13,17H,1,3-4,7-8H2. The molecule has 0 saturated heterocycles. The van der Waals surface area contributed by atoms with E-state index >= 15 is 0 Å². The monoisotopic (exact) mass is 241 g/mol. The van der Waals surface area contributed by atoms with Gasteiger partial charge in [0.05, 0.1) is 23.8 Å². The summed E-state index contributed by atoms with van der Waals surface area (Å²) in [6.07, 6.45) is 10.7. The first kappa shape index (κ1) is 11.3. The van der Waals surface area contributed by atoms with Crippen molar-refractivity contribution in [3.8, 4) is 5.69 Å². The summed E-state index contributed by atoms with van der Waals surface area (Å²) in [6.45, 7) is 0. The Morgan fingerprint density at radius 2 is 1.83 bits per heavy atom. The summed E-state index contributed by atoms with van der Waals surface area (Å²) < 4.78 is 1.92. The minimum Gasteiger partial charge on any atom is -0.380 e. The molecule has 1 N–H and O–H groups in total. The molecule has 0 unspecified atom stereocenters. The van der Waals surface area contributed by atoms with Crippen molar-refractivity contribution >= 4 is 5.69 Å². The van der Waals surface area contributed by atoms with Gasteiger partial charge in [0.2, 0.25) is 0 Å². The molecule has 0 bridgehead atoms. The van der Waals surface area contributed by atoms with E-state index in [4.69, 9.17) is 0 Å². The lowest BCUT2D eigenvalue weighted by Gasteiger charge is -2.22. The summed E-state index contributed by atoms with van der Waals surface area (Å²) in [6, 6.07) is 10.9. The van der Waals surface area contributed by atoms with Gasteiger partial charge in [-0.25, -0.2) is 4.68 Å². The molecular formula is C15H19N3. The van der Waals surface area contributed by atoms with Crippen LogP contribution in [0.4, 0.5) is 5.69 Å². The van der Waals surface area contributed by atoms with Crippen LogP contribution in [0.25, 0.3) is 5.69 Å². The van der Waals surface area contributed by atoms with Gasteiger partial charge < -0.3 is 5.32 Å². The van der Waals surface area contributed by atoms with E-state index in [0.29, 0.717) is 6.04 Å². The van der Waals surface area contributed by atoms with Gasteiger partial charge in [-0.15, -0.1) is 0 Å². The summed E-state index contributed by atoms with van der Waals surface area (Å²) in [5, 5.41) is 7.99. The van der Waals surface area contributed by atoms with Crippen LogP contribution in [0.3, 0.4) is 0 Å². The molecule has 0 atom stereocenters. The van der Waals surface area contributed by atoms with Crippen molar-refractivity contribution in [3.63, 3.8) is 0 Å². The van der Waals surface area contributed by atoms with Gasteiger partial charge in [-0.05, 0) is 25.0 Å². The van der Waals surface area contributed by atoms with Crippen LogP contribution < -0.4 is 5.32 Å². The van der Waals surface area contributed by atoms with Crippen LogP contribution in [0.15, 0.2) is 42.7 Å². The molecule has 1 fully saturated rings. The first-order chi connectivity index (χ1) is 8.92. The summed E-state index contributed by atoms with van der Waals surface area (Å²) >= 11 is 0. The fourth-order valence-electron chi connectivity index (χ4n) is 2.60. The molecule has 1 aliphatic carbocycles. The lowest BCUT2D eigenvalue weighted by Crippen LogP contribution is -2.21. The van der Waals surface area contributed by atoms with Gasteiger partial charge in [0.25, 0.3) is 0 Å². The highest BCUT2D eigenvalue weighted by Gasteiger charge is 2.13. The van der Waals surface area contributed by atoms with Crippen molar-refractivity contribution in [1.82, 2.24) is 9.78 Å². The van der Waals surface area contributed by atoms with Crippen LogP contribution in [0.5, 0.6) is 0 Å². The third-order valence-electron chi connectivity index (χ3n) is 3.58. The van der Waals surface area contributed by atoms with E-state index in [1.807, 2.05) is 29.1 Å². The van der Waals surface area contributed by atoms with E-state index in [9.17, 15) is 0 Å². The predicted octanol–water partition coefficient (Wildman–Crippen LogP) is 3.62. The van der Waals surface area contributed by atoms with Gasteiger partial charge in [0.15, 0.2) is 0 Å². The molecule has 0 aliphatic heterocycles. The fraction of sp³-hybridized carbons (Fsp3) is 0.400. The van der Waals surface area contributed by atoms with E-state index in [1.165, 1.54) is 32.1 Å². The van der Waals surface area contributed by atoms with Crippen molar-refractivity contribution in [3.05, 3.63) is 42.7 Å². The van der Waals surface area contributed by atoms with Crippen LogP contribution in [0, 0.1) is 0 Å². The zero-order chi connectivity index (χ0) is 12.2. The Morgan fingerprint density at radius 3 is 2.61 bits per heavy atom. The minimum atomic E-state index is 0.632. The number of benzene rings is 1. The maximum atomic E-state index is 4.41. The average molecular weight is 241 g/mol. The van der Waals surface area contributed by atoms with E-state index in [-0.39, 0.29) is 0 Å². The number of nitrogens with zero attached hydrogens (tertiary/aromatic N) is 2. The molecule has 1 saturated carbocycles. The maximum absolute atomic E-state index is 4.41. The SMILES string of the molecule is c1ccc(-n2cc(NC3CCCCC3)cn2)cc1.